The highest BCUT2D eigenvalue weighted by atomic mass is 16.2. The minimum Gasteiger partial charge on any atom is -0.352 e. The van der Waals surface area contributed by atoms with Crippen LogP contribution in [0.15, 0.2) is 0 Å². The molecule has 0 heterocycles. The average Bonchev–Trinajstić information content (AvgIpc) is 2.25. The largest absolute Gasteiger partial charge is 0.352 e. The van der Waals surface area contributed by atoms with Crippen LogP contribution in [0.2, 0.25) is 0 Å². The van der Waals surface area contributed by atoms with Crippen LogP contribution in [-0.4, -0.2) is 24.0 Å². The highest BCUT2D eigenvalue weighted by molar-refractivity contribution is 5.86. The summed E-state index contributed by atoms with van der Waals surface area (Å²) in [5.74, 6) is 0.600. The fraction of sp³-hybridized carbons (Fsp3) is 0.938. The molecule has 1 atom stereocenters. The SMILES string of the molecule is CCC(C)(C)CNC(C)(CC(C)C)C(=O)NC(C)C. The van der Waals surface area contributed by atoms with Crippen LogP contribution in [0.1, 0.15) is 68.2 Å². The molecule has 0 rings (SSSR count). The lowest BCUT2D eigenvalue weighted by Crippen LogP contribution is -2.58. The van der Waals surface area contributed by atoms with Gasteiger partial charge in [-0.3, -0.25) is 4.79 Å². The minimum atomic E-state index is -0.481. The molecular formula is C16H34N2O. The van der Waals surface area contributed by atoms with Crippen LogP contribution in [0.4, 0.5) is 0 Å². The van der Waals surface area contributed by atoms with Gasteiger partial charge in [-0.15, -0.1) is 0 Å². The van der Waals surface area contributed by atoms with E-state index in [2.05, 4.69) is 45.3 Å². The second kappa shape index (κ2) is 7.28. The lowest BCUT2D eigenvalue weighted by atomic mass is 9.85. The Bertz CT molecular complexity index is 284. The van der Waals surface area contributed by atoms with Crippen molar-refractivity contribution in [1.29, 1.82) is 0 Å². The van der Waals surface area contributed by atoms with Crippen molar-refractivity contribution in [2.24, 2.45) is 11.3 Å². The molecule has 0 aromatic rings. The van der Waals surface area contributed by atoms with E-state index < -0.39 is 5.54 Å². The lowest BCUT2D eigenvalue weighted by molar-refractivity contribution is -0.128. The summed E-state index contributed by atoms with van der Waals surface area (Å²) in [5.41, 5.74) is -0.263. The molecular weight excluding hydrogens is 236 g/mol. The second-order valence-electron chi connectivity index (χ2n) is 7.43. The quantitative estimate of drug-likeness (QED) is 0.710. The van der Waals surface area contributed by atoms with E-state index in [-0.39, 0.29) is 17.4 Å². The van der Waals surface area contributed by atoms with Crippen molar-refractivity contribution >= 4 is 5.91 Å². The summed E-state index contributed by atoms with van der Waals surface area (Å²) in [6.07, 6.45) is 1.95. The molecule has 3 nitrogen and oxygen atoms in total. The molecule has 1 amide bonds. The third-order valence-electron chi connectivity index (χ3n) is 3.65. The highest BCUT2D eigenvalue weighted by Crippen LogP contribution is 2.22. The number of amides is 1. The van der Waals surface area contributed by atoms with E-state index in [0.29, 0.717) is 5.92 Å². The lowest BCUT2D eigenvalue weighted by Gasteiger charge is -2.35. The number of carbonyl (C=O) groups is 1. The van der Waals surface area contributed by atoms with Crippen molar-refractivity contribution in [2.75, 3.05) is 6.54 Å². The average molecular weight is 270 g/mol. The summed E-state index contributed by atoms with van der Waals surface area (Å²) >= 11 is 0. The highest BCUT2D eigenvalue weighted by Gasteiger charge is 2.35. The molecule has 114 valence electrons. The predicted molar refractivity (Wildman–Crippen MR) is 83.2 cm³/mol. The Morgan fingerprint density at radius 3 is 2.00 bits per heavy atom. The summed E-state index contributed by atoms with van der Waals surface area (Å²) in [7, 11) is 0. The van der Waals surface area contributed by atoms with Crippen LogP contribution in [0.3, 0.4) is 0 Å². The van der Waals surface area contributed by atoms with Crippen molar-refractivity contribution < 1.29 is 4.79 Å². The van der Waals surface area contributed by atoms with Crippen LogP contribution in [-0.2, 0) is 4.79 Å². The molecule has 0 saturated heterocycles. The van der Waals surface area contributed by atoms with Gasteiger partial charge in [-0.05, 0) is 44.9 Å². The zero-order valence-corrected chi connectivity index (χ0v) is 14.2. The summed E-state index contributed by atoms with van der Waals surface area (Å²) < 4.78 is 0. The Morgan fingerprint density at radius 1 is 1.11 bits per heavy atom. The molecule has 1 unspecified atom stereocenters. The summed E-state index contributed by atoms with van der Waals surface area (Å²) in [6.45, 7) is 17.9. The van der Waals surface area contributed by atoms with Gasteiger partial charge < -0.3 is 10.6 Å². The van der Waals surface area contributed by atoms with Crippen LogP contribution in [0.5, 0.6) is 0 Å². The number of hydrogen-bond acceptors (Lipinski definition) is 2. The molecule has 0 fully saturated rings. The molecule has 0 aromatic heterocycles. The maximum Gasteiger partial charge on any atom is 0.240 e. The molecule has 0 aliphatic carbocycles. The van der Waals surface area contributed by atoms with Gasteiger partial charge in [-0.1, -0.05) is 34.6 Å². The molecule has 3 heteroatoms. The first kappa shape index (κ1) is 18.4. The van der Waals surface area contributed by atoms with Crippen molar-refractivity contribution in [3.8, 4) is 0 Å². The maximum atomic E-state index is 12.4. The predicted octanol–water partition coefficient (Wildman–Crippen LogP) is 3.34. The zero-order chi connectivity index (χ0) is 15.3. The Labute approximate surface area is 119 Å². The van der Waals surface area contributed by atoms with E-state index in [9.17, 15) is 4.79 Å². The Hall–Kier alpha value is -0.570. The van der Waals surface area contributed by atoms with Gasteiger partial charge in [0.2, 0.25) is 5.91 Å². The number of rotatable bonds is 8. The minimum absolute atomic E-state index is 0.114. The van der Waals surface area contributed by atoms with Crippen LogP contribution < -0.4 is 10.6 Å². The number of carbonyl (C=O) groups excluding carboxylic acids is 1. The normalized spacial score (nSPS) is 15.7. The van der Waals surface area contributed by atoms with E-state index >= 15 is 0 Å². The van der Waals surface area contributed by atoms with Gasteiger partial charge in [0.05, 0.1) is 5.54 Å². The van der Waals surface area contributed by atoms with Gasteiger partial charge in [0.1, 0.15) is 0 Å². The maximum absolute atomic E-state index is 12.4. The fourth-order valence-corrected chi connectivity index (χ4v) is 2.04. The fourth-order valence-electron chi connectivity index (χ4n) is 2.04. The van der Waals surface area contributed by atoms with Crippen molar-refractivity contribution in [3.63, 3.8) is 0 Å². The van der Waals surface area contributed by atoms with Crippen molar-refractivity contribution in [2.45, 2.75) is 79.8 Å². The topological polar surface area (TPSA) is 41.1 Å². The van der Waals surface area contributed by atoms with E-state index in [1.165, 1.54) is 0 Å². The zero-order valence-electron chi connectivity index (χ0n) is 14.2. The Morgan fingerprint density at radius 2 is 1.63 bits per heavy atom. The third-order valence-corrected chi connectivity index (χ3v) is 3.65. The second-order valence-corrected chi connectivity index (χ2v) is 7.43. The van der Waals surface area contributed by atoms with Crippen LogP contribution in [0.25, 0.3) is 0 Å². The summed E-state index contributed by atoms with van der Waals surface area (Å²) in [6, 6.07) is 0.181. The van der Waals surface area contributed by atoms with Gasteiger partial charge in [0.15, 0.2) is 0 Å². The molecule has 0 radical (unpaired) electrons. The van der Waals surface area contributed by atoms with Gasteiger partial charge in [-0.25, -0.2) is 0 Å². The number of nitrogens with one attached hydrogen (secondary N) is 2. The molecule has 2 N–H and O–H groups in total. The summed E-state index contributed by atoms with van der Waals surface area (Å²) in [5, 5.41) is 6.55. The third kappa shape index (κ3) is 6.95. The van der Waals surface area contributed by atoms with E-state index in [0.717, 1.165) is 19.4 Å². The molecule has 0 bridgehead atoms. The first-order valence-corrected chi connectivity index (χ1v) is 7.58. The van der Waals surface area contributed by atoms with Crippen LogP contribution in [0, 0.1) is 11.3 Å². The van der Waals surface area contributed by atoms with Gasteiger partial charge in [0.25, 0.3) is 0 Å². The van der Waals surface area contributed by atoms with E-state index in [1.807, 2.05) is 20.8 Å². The van der Waals surface area contributed by atoms with E-state index in [4.69, 9.17) is 0 Å². The monoisotopic (exact) mass is 270 g/mol. The first-order chi connectivity index (χ1) is 8.52. The van der Waals surface area contributed by atoms with Crippen molar-refractivity contribution in [3.05, 3.63) is 0 Å². The van der Waals surface area contributed by atoms with Crippen LogP contribution >= 0.6 is 0 Å². The Balaban J connectivity index is 4.82. The molecule has 0 spiro atoms. The first-order valence-electron chi connectivity index (χ1n) is 7.58. The summed E-state index contributed by atoms with van der Waals surface area (Å²) in [4.78, 5) is 12.4. The van der Waals surface area contributed by atoms with E-state index in [1.54, 1.807) is 0 Å². The Kier molecular flexibility index (Phi) is 7.06. The van der Waals surface area contributed by atoms with Crippen molar-refractivity contribution in [1.82, 2.24) is 10.6 Å². The van der Waals surface area contributed by atoms with Gasteiger partial charge >= 0.3 is 0 Å². The van der Waals surface area contributed by atoms with Gasteiger partial charge in [-0.2, -0.15) is 0 Å². The standard InChI is InChI=1S/C16H34N2O/c1-9-15(6,7)11-17-16(8,10-12(2)3)14(19)18-13(4)5/h12-13,17H,9-11H2,1-8H3,(H,18,19). The molecule has 0 saturated carbocycles. The smallest absolute Gasteiger partial charge is 0.240 e. The molecule has 0 aliphatic heterocycles. The molecule has 19 heavy (non-hydrogen) atoms. The molecule has 0 aliphatic rings. The van der Waals surface area contributed by atoms with Gasteiger partial charge in [0, 0.05) is 12.6 Å². The molecule has 0 aromatic carbocycles. The number of hydrogen-bond donors (Lipinski definition) is 2.